The van der Waals surface area contributed by atoms with E-state index in [1.807, 2.05) is 6.92 Å². The van der Waals surface area contributed by atoms with Crippen LogP contribution in [0.1, 0.15) is 23.3 Å². The van der Waals surface area contributed by atoms with Gasteiger partial charge in [-0.05, 0) is 32.0 Å². The van der Waals surface area contributed by atoms with Crippen LogP contribution < -0.4 is 0 Å². The third-order valence-corrected chi connectivity index (χ3v) is 6.37. The van der Waals surface area contributed by atoms with E-state index >= 15 is 0 Å². The minimum absolute atomic E-state index is 0.148. The summed E-state index contributed by atoms with van der Waals surface area (Å²) in [6.45, 7) is 3.34. The number of sulfone groups is 1. The fraction of sp³-hybridized carbons (Fsp3) is 0.167. The number of nitro groups is 1. The number of fused-ring (bicyclic) bond motifs is 1. The van der Waals surface area contributed by atoms with Crippen LogP contribution >= 0.6 is 0 Å². The van der Waals surface area contributed by atoms with E-state index in [-0.39, 0.29) is 16.1 Å². The van der Waals surface area contributed by atoms with Crippen molar-refractivity contribution >= 4 is 26.3 Å². The van der Waals surface area contributed by atoms with Crippen LogP contribution in [-0.4, -0.2) is 18.3 Å². The van der Waals surface area contributed by atoms with Gasteiger partial charge in [-0.3, -0.25) is 15.1 Å². The zero-order chi connectivity index (χ0) is 18.2. The highest BCUT2D eigenvalue weighted by Gasteiger charge is 2.31. The Kier molecular flexibility index (Phi) is 4.26. The number of aromatic nitrogens is 1. The molecule has 0 aliphatic heterocycles. The molecule has 3 aromatic rings. The van der Waals surface area contributed by atoms with Crippen LogP contribution in [0, 0.1) is 17.0 Å². The molecule has 0 aliphatic carbocycles. The van der Waals surface area contributed by atoms with Crippen LogP contribution in [0.3, 0.4) is 0 Å². The smallest absolute Gasteiger partial charge is 0.264 e. The molecule has 0 fully saturated rings. The largest absolute Gasteiger partial charge is 0.281 e. The summed E-state index contributed by atoms with van der Waals surface area (Å²) >= 11 is 0. The minimum Gasteiger partial charge on any atom is -0.264 e. The molecule has 0 spiro atoms. The van der Waals surface area contributed by atoms with E-state index in [4.69, 9.17) is 0 Å². The molecule has 0 amide bonds. The second kappa shape index (κ2) is 6.25. The molecule has 0 bridgehead atoms. The number of aryl methyl sites for hydroxylation is 1. The van der Waals surface area contributed by atoms with Crippen LogP contribution in [0.5, 0.6) is 0 Å². The monoisotopic (exact) mass is 356 g/mol. The van der Waals surface area contributed by atoms with Crippen molar-refractivity contribution in [1.82, 2.24) is 4.98 Å². The Balaban J connectivity index is 2.20. The number of hydrogen-bond donors (Lipinski definition) is 0. The van der Waals surface area contributed by atoms with Crippen molar-refractivity contribution in [2.75, 3.05) is 0 Å². The zero-order valence-electron chi connectivity index (χ0n) is 13.7. The number of nitrogens with zero attached hydrogens (tertiary/aromatic N) is 2. The Morgan fingerprint density at radius 3 is 2.40 bits per heavy atom. The molecule has 7 heteroatoms. The number of pyridine rings is 1. The minimum atomic E-state index is -3.75. The Morgan fingerprint density at radius 2 is 1.76 bits per heavy atom. The molecule has 2 aromatic carbocycles. The zero-order valence-corrected chi connectivity index (χ0v) is 14.5. The molecular weight excluding hydrogens is 340 g/mol. The standard InChI is InChI=1S/C18H16N2O4S/c1-12-3-6-15(7-4-12)25(23,24)13(2)16-8-5-14-11-19-10-9-17(14)18(16)20(21)22/h3-11,13H,1-2H3. The normalized spacial score (nSPS) is 12.9. The molecule has 1 atom stereocenters. The predicted molar refractivity (Wildman–Crippen MR) is 95.2 cm³/mol. The SMILES string of the molecule is Cc1ccc(S(=O)(=O)C(C)c2ccc3cnccc3c2[N+](=O)[O-])cc1. The second-order valence-corrected chi connectivity index (χ2v) is 8.13. The average Bonchev–Trinajstić information content (AvgIpc) is 2.60. The van der Waals surface area contributed by atoms with Crippen LogP contribution in [0.2, 0.25) is 0 Å². The second-order valence-electron chi connectivity index (χ2n) is 5.86. The van der Waals surface area contributed by atoms with Gasteiger partial charge in [0.15, 0.2) is 9.84 Å². The highest BCUT2D eigenvalue weighted by Crippen LogP contribution is 2.38. The summed E-state index contributed by atoms with van der Waals surface area (Å²) in [6.07, 6.45) is 2.98. The first kappa shape index (κ1) is 17.0. The van der Waals surface area contributed by atoms with E-state index in [2.05, 4.69) is 4.98 Å². The Hall–Kier alpha value is -2.80. The molecule has 128 valence electrons. The van der Waals surface area contributed by atoms with Gasteiger partial charge < -0.3 is 0 Å². The third-order valence-electron chi connectivity index (χ3n) is 4.26. The highest BCUT2D eigenvalue weighted by molar-refractivity contribution is 7.91. The maximum atomic E-state index is 12.9. The van der Waals surface area contributed by atoms with Gasteiger partial charge in [-0.15, -0.1) is 0 Å². The van der Waals surface area contributed by atoms with Crippen molar-refractivity contribution in [3.05, 3.63) is 76.1 Å². The summed E-state index contributed by atoms with van der Waals surface area (Å²) in [6, 6.07) is 11.2. The van der Waals surface area contributed by atoms with Gasteiger partial charge in [0, 0.05) is 23.3 Å². The highest BCUT2D eigenvalue weighted by atomic mass is 32.2. The molecule has 0 saturated carbocycles. The first-order valence-corrected chi connectivity index (χ1v) is 9.18. The van der Waals surface area contributed by atoms with Gasteiger partial charge >= 0.3 is 0 Å². The summed E-state index contributed by atoms with van der Waals surface area (Å²) in [7, 11) is -3.75. The van der Waals surface area contributed by atoms with E-state index in [1.54, 1.807) is 18.2 Å². The lowest BCUT2D eigenvalue weighted by Gasteiger charge is -2.15. The Morgan fingerprint density at radius 1 is 1.08 bits per heavy atom. The lowest BCUT2D eigenvalue weighted by molar-refractivity contribution is -0.383. The summed E-state index contributed by atoms with van der Waals surface area (Å²) in [4.78, 5) is 15.2. The van der Waals surface area contributed by atoms with Gasteiger partial charge in [-0.25, -0.2) is 8.42 Å². The predicted octanol–water partition coefficient (Wildman–Crippen LogP) is 3.99. The van der Waals surface area contributed by atoms with Gasteiger partial charge in [0.1, 0.15) is 0 Å². The lowest BCUT2D eigenvalue weighted by Crippen LogP contribution is -2.12. The number of nitro benzene ring substituents is 1. The average molecular weight is 356 g/mol. The van der Waals surface area contributed by atoms with Crippen LogP contribution in [0.15, 0.2) is 59.8 Å². The molecule has 1 unspecified atom stereocenters. The van der Waals surface area contributed by atoms with Crippen LogP contribution in [-0.2, 0) is 9.84 Å². The molecular formula is C18H16N2O4S. The number of hydrogen-bond acceptors (Lipinski definition) is 5. The number of benzene rings is 2. The molecule has 0 N–H and O–H groups in total. The van der Waals surface area contributed by atoms with E-state index in [9.17, 15) is 18.5 Å². The Labute approximate surface area is 145 Å². The quantitative estimate of drug-likeness (QED) is 0.521. The molecule has 25 heavy (non-hydrogen) atoms. The first-order valence-electron chi connectivity index (χ1n) is 7.64. The van der Waals surface area contributed by atoms with Gasteiger partial charge in [0.2, 0.25) is 0 Å². The third kappa shape index (κ3) is 2.98. The molecule has 6 nitrogen and oxygen atoms in total. The van der Waals surface area contributed by atoms with Crippen molar-refractivity contribution in [3.8, 4) is 0 Å². The maximum Gasteiger partial charge on any atom is 0.281 e. The molecule has 3 rings (SSSR count). The fourth-order valence-corrected chi connectivity index (χ4v) is 4.25. The maximum absolute atomic E-state index is 12.9. The molecule has 0 radical (unpaired) electrons. The topological polar surface area (TPSA) is 90.2 Å². The summed E-state index contributed by atoms with van der Waals surface area (Å²) in [5.41, 5.74) is 0.920. The van der Waals surface area contributed by atoms with E-state index in [1.165, 1.54) is 43.6 Å². The van der Waals surface area contributed by atoms with Crippen molar-refractivity contribution in [1.29, 1.82) is 0 Å². The molecule has 0 saturated heterocycles. The van der Waals surface area contributed by atoms with E-state index in [0.29, 0.717) is 10.8 Å². The van der Waals surface area contributed by atoms with Crippen LogP contribution in [0.4, 0.5) is 5.69 Å². The Bertz CT molecular complexity index is 1060. The van der Waals surface area contributed by atoms with E-state index < -0.39 is 20.0 Å². The van der Waals surface area contributed by atoms with Crippen molar-refractivity contribution < 1.29 is 13.3 Å². The first-order chi connectivity index (χ1) is 11.8. The van der Waals surface area contributed by atoms with Gasteiger partial charge in [0.25, 0.3) is 5.69 Å². The van der Waals surface area contributed by atoms with Gasteiger partial charge in [-0.2, -0.15) is 0 Å². The summed E-state index contributed by atoms with van der Waals surface area (Å²) < 4.78 is 25.8. The molecule has 1 heterocycles. The van der Waals surface area contributed by atoms with Crippen LogP contribution in [0.25, 0.3) is 10.8 Å². The van der Waals surface area contributed by atoms with E-state index in [0.717, 1.165) is 5.56 Å². The summed E-state index contributed by atoms with van der Waals surface area (Å²) in [5, 5.41) is 11.6. The van der Waals surface area contributed by atoms with Gasteiger partial charge in [0.05, 0.1) is 20.5 Å². The van der Waals surface area contributed by atoms with Crippen molar-refractivity contribution in [2.45, 2.75) is 24.0 Å². The van der Waals surface area contributed by atoms with Crippen molar-refractivity contribution in [2.24, 2.45) is 0 Å². The molecule has 0 aliphatic rings. The van der Waals surface area contributed by atoms with Gasteiger partial charge in [-0.1, -0.05) is 29.8 Å². The summed E-state index contributed by atoms with van der Waals surface area (Å²) in [5.74, 6) is 0. The lowest BCUT2D eigenvalue weighted by atomic mass is 10.0. The number of rotatable bonds is 4. The molecule has 1 aromatic heterocycles. The van der Waals surface area contributed by atoms with Crippen molar-refractivity contribution in [3.63, 3.8) is 0 Å². The fourth-order valence-electron chi connectivity index (χ4n) is 2.80.